The molecule has 1 fully saturated rings. The van der Waals surface area contributed by atoms with Crippen LogP contribution in [0.4, 0.5) is 19.3 Å². The van der Waals surface area contributed by atoms with Crippen molar-refractivity contribution in [3.05, 3.63) is 29.8 Å². The Balaban J connectivity index is 1.85. The number of carbonyl (C=O) groups excluding carboxylic acids is 4. The van der Waals surface area contributed by atoms with E-state index in [-0.39, 0.29) is 5.69 Å². The van der Waals surface area contributed by atoms with Crippen LogP contribution in [0.3, 0.4) is 0 Å². The number of urea groups is 1. The minimum atomic E-state index is -1.12. The molecule has 0 saturated carbocycles. The molecule has 2 rings (SSSR count). The summed E-state index contributed by atoms with van der Waals surface area (Å²) in [4.78, 5) is 48.3. The van der Waals surface area contributed by atoms with Gasteiger partial charge in [0.05, 0.1) is 6.54 Å². The van der Waals surface area contributed by atoms with Crippen molar-refractivity contribution in [2.75, 3.05) is 18.4 Å². The highest BCUT2D eigenvalue weighted by atomic mass is 19.2. The number of anilines is 1. The molecule has 26 heavy (non-hydrogen) atoms. The van der Waals surface area contributed by atoms with Crippen molar-refractivity contribution in [3.63, 3.8) is 0 Å². The van der Waals surface area contributed by atoms with E-state index >= 15 is 0 Å². The molecule has 1 aliphatic heterocycles. The fraction of sp³-hybridized carbons (Fsp3) is 0.375. The van der Waals surface area contributed by atoms with Crippen LogP contribution in [0.25, 0.3) is 0 Å². The second kappa shape index (κ2) is 7.46. The topological polar surface area (TPSA) is 108 Å². The Kier molecular flexibility index (Phi) is 5.53. The molecule has 10 heteroatoms. The SMILES string of the molecule is CC[C@]1(C)NC(=O)N(CC(=O)NCC(=O)Nc2ccc(F)c(F)c2)C1=O. The van der Waals surface area contributed by atoms with Crippen molar-refractivity contribution in [3.8, 4) is 0 Å². The van der Waals surface area contributed by atoms with Crippen LogP contribution >= 0.6 is 0 Å². The highest BCUT2D eigenvalue weighted by Gasteiger charge is 2.46. The monoisotopic (exact) mass is 368 g/mol. The molecule has 140 valence electrons. The summed E-state index contributed by atoms with van der Waals surface area (Å²) in [6.45, 7) is 2.29. The molecule has 0 aliphatic carbocycles. The highest BCUT2D eigenvalue weighted by molar-refractivity contribution is 6.09. The molecule has 3 N–H and O–H groups in total. The fourth-order valence-corrected chi connectivity index (χ4v) is 2.29. The summed E-state index contributed by atoms with van der Waals surface area (Å²) in [5.41, 5.74) is -1.03. The van der Waals surface area contributed by atoms with E-state index in [9.17, 15) is 28.0 Å². The summed E-state index contributed by atoms with van der Waals surface area (Å²) in [7, 11) is 0. The molecule has 1 aromatic carbocycles. The highest BCUT2D eigenvalue weighted by Crippen LogP contribution is 2.20. The average molecular weight is 368 g/mol. The molecule has 1 saturated heterocycles. The minimum Gasteiger partial charge on any atom is -0.345 e. The van der Waals surface area contributed by atoms with E-state index in [4.69, 9.17) is 0 Å². The summed E-state index contributed by atoms with van der Waals surface area (Å²) in [5.74, 6) is -4.09. The molecule has 8 nitrogen and oxygen atoms in total. The van der Waals surface area contributed by atoms with E-state index in [1.165, 1.54) is 0 Å². The third-order valence-electron chi connectivity index (χ3n) is 4.00. The first kappa shape index (κ1) is 19.3. The molecule has 0 unspecified atom stereocenters. The maximum absolute atomic E-state index is 13.1. The van der Waals surface area contributed by atoms with Crippen LogP contribution in [0.1, 0.15) is 20.3 Å². The summed E-state index contributed by atoms with van der Waals surface area (Å²) in [6.07, 6.45) is 0.367. The first-order chi connectivity index (χ1) is 12.2. The standard InChI is InChI=1S/C16H18F2N4O4/c1-3-16(2)14(25)22(15(26)21-16)8-13(24)19-7-12(23)20-9-4-5-10(17)11(18)6-9/h4-6H,3,7-8H2,1-2H3,(H,19,24)(H,20,23)(H,21,26)/t16-/m0/s1. The Labute approximate surface area is 147 Å². The maximum Gasteiger partial charge on any atom is 0.325 e. The molecular formula is C16H18F2N4O4. The number of halogens is 2. The Bertz CT molecular complexity index is 771. The number of rotatable bonds is 6. The third-order valence-corrected chi connectivity index (χ3v) is 4.00. The summed E-state index contributed by atoms with van der Waals surface area (Å²) in [6, 6.07) is 2.14. The molecule has 1 atom stereocenters. The predicted octanol–water partition coefficient (Wildman–Crippen LogP) is 0.740. The summed E-state index contributed by atoms with van der Waals surface area (Å²) >= 11 is 0. The summed E-state index contributed by atoms with van der Waals surface area (Å²) < 4.78 is 25.9. The predicted molar refractivity (Wildman–Crippen MR) is 86.9 cm³/mol. The van der Waals surface area contributed by atoms with Gasteiger partial charge in [-0.2, -0.15) is 0 Å². The number of imide groups is 1. The Morgan fingerprint density at radius 1 is 1.19 bits per heavy atom. The quantitative estimate of drug-likeness (QED) is 0.644. The summed E-state index contributed by atoms with van der Waals surface area (Å²) in [5, 5.41) is 7.03. The average Bonchev–Trinajstić information content (AvgIpc) is 2.80. The van der Waals surface area contributed by atoms with Gasteiger partial charge in [-0.3, -0.25) is 19.3 Å². The van der Waals surface area contributed by atoms with Crippen LogP contribution in [-0.2, 0) is 14.4 Å². The number of nitrogens with one attached hydrogen (secondary N) is 3. The van der Waals surface area contributed by atoms with Gasteiger partial charge in [0.25, 0.3) is 5.91 Å². The Morgan fingerprint density at radius 2 is 1.88 bits per heavy atom. The lowest BCUT2D eigenvalue weighted by Gasteiger charge is -2.19. The Morgan fingerprint density at radius 3 is 2.46 bits per heavy atom. The van der Waals surface area contributed by atoms with Crippen molar-refractivity contribution in [2.24, 2.45) is 0 Å². The maximum atomic E-state index is 13.1. The van der Waals surface area contributed by atoms with E-state index in [1.807, 2.05) is 0 Å². The van der Waals surface area contributed by atoms with Gasteiger partial charge >= 0.3 is 6.03 Å². The molecule has 1 heterocycles. The van der Waals surface area contributed by atoms with Crippen LogP contribution in [0, 0.1) is 11.6 Å². The zero-order chi connectivity index (χ0) is 19.5. The number of carbonyl (C=O) groups is 4. The largest absolute Gasteiger partial charge is 0.345 e. The first-order valence-electron chi connectivity index (χ1n) is 7.82. The van der Waals surface area contributed by atoms with Crippen LogP contribution in [0.15, 0.2) is 18.2 Å². The number of hydrogen-bond acceptors (Lipinski definition) is 4. The fourth-order valence-electron chi connectivity index (χ4n) is 2.29. The van der Waals surface area contributed by atoms with E-state index < -0.39 is 54.0 Å². The van der Waals surface area contributed by atoms with Gasteiger partial charge in [-0.15, -0.1) is 0 Å². The van der Waals surface area contributed by atoms with Gasteiger partial charge in [0.2, 0.25) is 11.8 Å². The second-order valence-electron chi connectivity index (χ2n) is 5.96. The van der Waals surface area contributed by atoms with E-state index in [1.54, 1.807) is 13.8 Å². The van der Waals surface area contributed by atoms with Crippen molar-refractivity contribution >= 4 is 29.4 Å². The van der Waals surface area contributed by atoms with Gasteiger partial charge < -0.3 is 16.0 Å². The molecule has 1 aromatic rings. The van der Waals surface area contributed by atoms with E-state index in [0.717, 1.165) is 23.1 Å². The van der Waals surface area contributed by atoms with Gasteiger partial charge in [-0.05, 0) is 25.5 Å². The lowest BCUT2D eigenvalue weighted by atomic mass is 9.99. The minimum absolute atomic E-state index is 0.0240. The van der Waals surface area contributed by atoms with Gasteiger partial charge in [0.1, 0.15) is 12.1 Å². The number of amides is 5. The van der Waals surface area contributed by atoms with Gasteiger partial charge in [-0.25, -0.2) is 13.6 Å². The third kappa shape index (κ3) is 4.13. The molecule has 0 spiro atoms. The number of benzene rings is 1. The lowest BCUT2D eigenvalue weighted by Crippen LogP contribution is -2.45. The number of nitrogens with zero attached hydrogens (tertiary/aromatic N) is 1. The van der Waals surface area contributed by atoms with Crippen LogP contribution in [0.5, 0.6) is 0 Å². The van der Waals surface area contributed by atoms with Crippen LogP contribution in [-0.4, -0.2) is 47.3 Å². The van der Waals surface area contributed by atoms with Crippen molar-refractivity contribution in [1.82, 2.24) is 15.5 Å². The molecule has 1 aliphatic rings. The molecule has 5 amide bonds. The van der Waals surface area contributed by atoms with Crippen LogP contribution < -0.4 is 16.0 Å². The molecule has 0 radical (unpaired) electrons. The lowest BCUT2D eigenvalue weighted by molar-refractivity contribution is -0.134. The normalized spacial score (nSPS) is 19.3. The van der Waals surface area contributed by atoms with Gasteiger partial charge in [0, 0.05) is 11.8 Å². The van der Waals surface area contributed by atoms with Gasteiger partial charge in [-0.1, -0.05) is 6.92 Å². The smallest absolute Gasteiger partial charge is 0.325 e. The zero-order valence-corrected chi connectivity index (χ0v) is 14.2. The second-order valence-corrected chi connectivity index (χ2v) is 5.96. The first-order valence-corrected chi connectivity index (χ1v) is 7.82. The van der Waals surface area contributed by atoms with E-state index in [2.05, 4.69) is 16.0 Å². The van der Waals surface area contributed by atoms with Gasteiger partial charge in [0.15, 0.2) is 11.6 Å². The van der Waals surface area contributed by atoms with E-state index in [0.29, 0.717) is 6.42 Å². The molecular weight excluding hydrogens is 350 g/mol. The van der Waals surface area contributed by atoms with Crippen LogP contribution in [0.2, 0.25) is 0 Å². The molecule has 0 aromatic heterocycles. The number of hydrogen-bond donors (Lipinski definition) is 3. The van der Waals surface area contributed by atoms with Crippen molar-refractivity contribution in [2.45, 2.75) is 25.8 Å². The van der Waals surface area contributed by atoms with Crippen molar-refractivity contribution < 1.29 is 28.0 Å². The molecule has 0 bridgehead atoms. The van der Waals surface area contributed by atoms with Crippen molar-refractivity contribution in [1.29, 1.82) is 0 Å². The Hall–Kier alpha value is -3.04. The zero-order valence-electron chi connectivity index (χ0n) is 14.2.